The third-order valence-electron chi connectivity index (χ3n) is 9.35. The Hall–Kier alpha value is -5.24. The molecule has 1 fully saturated rings. The van der Waals surface area contributed by atoms with Crippen molar-refractivity contribution in [2.45, 2.75) is 83.1 Å². The van der Waals surface area contributed by atoms with Gasteiger partial charge >= 0.3 is 5.97 Å². The molecule has 260 valence electrons. The number of carbonyl (C=O) groups excluding carboxylic acids is 4. The second kappa shape index (κ2) is 17.4. The number of unbranched alkanes of at least 4 members (excludes halogenated alkanes) is 4. The van der Waals surface area contributed by atoms with Crippen molar-refractivity contribution in [3.8, 4) is 11.5 Å². The molecule has 1 atom stereocenters. The Morgan fingerprint density at radius 2 is 1.38 bits per heavy atom. The fourth-order valence-electron chi connectivity index (χ4n) is 6.11. The van der Waals surface area contributed by atoms with Crippen LogP contribution in [0.15, 0.2) is 103 Å². The van der Waals surface area contributed by atoms with E-state index in [-0.39, 0.29) is 18.1 Å². The van der Waals surface area contributed by atoms with Gasteiger partial charge in [0.15, 0.2) is 5.78 Å². The standard InChI is InChI=1S/C42H46N2O6/c1-3-4-5-6-10-28-49-36-24-18-33(19-25-36)40(47)50-37-22-14-31(15-23-37)29-38(30(2)45)44-39(46)32-16-20-35(21-17-32)43-41(48)42(26-11-27-42)34-12-8-7-9-13-34/h7-9,12-25,38H,3-6,10-11,26-29H2,1-2H3,(H,43,48)(H,44,46)/t38-/m0/s1. The molecule has 0 bridgehead atoms. The second-order valence-electron chi connectivity index (χ2n) is 13.0. The highest BCUT2D eigenvalue weighted by molar-refractivity contribution is 6.01. The number of anilines is 1. The Kier molecular flexibility index (Phi) is 12.6. The topological polar surface area (TPSA) is 111 Å². The van der Waals surface area contributed by atoms with Crippen molar-refractivity contribution in [1.82, 2.24) is 5.32 Å². The molecule has 0 saturated heterocycles. The molecule has 2 amide bonds. The van der Waals surface area contributed by atoms with E-state index in [1.165, 1.54) is 26.2 Å². The zero-order chi connectivity index (χ0) is 35.3. The lowest BCUT2D eigenvalue weighted by Crippen LogP contribution is -2.46. The average Bonchev–Trinajstić information content (AvgIpc) is 3.10. The number of rotatable bonds is 17. The SMILES string of the molecule is CCCCCCCOc1ccc(C(=O)Oc2ccc(C[C@H](NC(=O)c3ccc(NC(=O)C4(c5ccccc5)CCC4)cc3)C(C)=O)cc2)cc1. The number of esters is 1. The molecule has 0 aliphatic heterocycles. The summed E-state index contributed by atoms with van der Waals surface area (Å²) in [6, 6.07) is 29.5. The Bertz CT molecular complexity index is 1730. The molecule has 8 heteroatoms. The molecule has 0 aromatic heterocycles. The van der Waals surface area contributed by atoms with Crippen LogP contribution in [0.5, 0.6) is 11.5 Å². The first-order chi connectivity index (χ1) is 24.3. The minimum absolute atomic E-state index is 0.0487. The fraction of sp³-hybridized carbons (Fsp3) is 0.333. The molecule has 0 heterocycles. The van der Waals surface area contributed by atoms with Crippen molar-refractivity contribution in [1.29, 1.82) is 0 Å². The van der Waals surface area contributed by atoms with Crippen LogP contribution in [-0.2, 0) is 21.4 Å². The van der Waals surface area contributed by atoms with E-state index in [4.69, 9.17) is 9.47 Å². The van der Waals surface area contributed by atoms with E-state index in [1.54, 1.807) is 72.8 Å². The molecule has 4 aromatic rings. The summed E-state index contributed by atoms with van der Waals surface area (Å²) < 4.78 is 11.3. The highest BCUT2D eigenvalue weighted by Crippen LogP contribution is 2.44. The summed E-state index contributed by atoms with van der Waals surface area (Å²) >= 11 is 0. The highest BCUT2D eigenvalue weighted by Gasteiger charge is 2.45. The third-order valence-corrected chi connectivity index (χ3v) is 9.35. The van der Waals surface area contributed by atoms with E-state index in [9.17, 15) is 19.2 Å². The number of nitrogens with one attached hydrogen (secondary N) is 2. The van der Waals surface area contributed by atoms with Gasteiger partial charge in [-0.3, -0.25) is 14.4 Å². The van der Waals surface area contributed by atoms with Crippen LogP contribution in [-0.4, -0.2) is 36.2 Å². The van der Waals surface area contributed by atoms with Crippen molar-refractivity contribution in [2.24, 2.45) is 0 Å². The highest BCUT2D eigenvalue weighted by atomic mass is 16.5. The Labute approximate surface area is 294 Å². The number of ketones is 1. The van der Waals surface area contributed by atoms with Crippen LogP contribution >= 0.6 is 0 Å². The lowest BCUT2D eigenvalue weighted by atomic mass is 9.64. The molecule has 1 aliphatic rings. The summed E-state index contributed by atoms with van der Waals surface area (Å²) in [4.78, 5) is 51.6. The molecule has 0 radical (unpaired) electrons. The van der Waals surface area contributed by atoms with Crippen molar-refractivity contribution in [3.05, 3.63) is 125 Å². The van der Waals surface area contributed by atoms with Crippen LogP contribution < -0.4 is 20.1 Å². The van der Waals surface area contributed by atoms with Gasteiger partial charge in [-0.2, -0.15) is 0 Å². The molecule has 2 N–H and O–H groups in total. The van der Waals surface area contributed by atoms with Crippen LogP contribution in [0, 0.1) is 0 Å². The van der Waals surface area contributed by atoms with Gasteiger partial charge in [-0.05, 0) is 104 Å². The predicted octanol–water partition coefficient (Wildman–Crippen LogP) is 8.25. The largest absolute Gasteiger partial charge is 0.494 e. The third kappa shape index (κ3) is 9.47. The van der Waals surface area contributed by atoms with Crippen molar-refractivity contribution < 1.29 is 28.7 Å². The average molecular weight is 675 g/mol. The first-order valence-corrected chi connectivity index (χ1v) is 17.6. The molecule has 50 heavy (non-hydrogen) atoms. The quantitative estimate of drug-likeness (QED) is 0.0663. The molecular weight excluding hydrogens is 628 g/mol. The van der Waals surface area contributed by atoms with Gasteiger partial charge in [0.05, 0.1) is 23.6 Å². The number of Topliss-reactive ketones (excluding diaryl/α,β-unsaturated/α-hetero) is 1. The Morgan fingerprint density at radius 1 is 0.740 bits per heavy atom. The van der Waals surface area contributed by atoms with Crippen LogP contribution in [0.2, 0.25) is 0 Å². The second-order valence-corrected chi connectivity index (χ2v) is 13.0. The number of carbonyl (C=O) groups is 4. The number of ether oxygens (including phenoxy) is 2. The predicted molar refractivity (Wildman–Crippen MR) is 195 cm³/mol. The molecule has 0 spiro atoms. The summed E-state index contributed by atoms with van der Waals surface area (Å²) in [5, 5.41) is 5.85. The number of amides is 2. The molecule has 5 rings (SSSR count). The van der Waals surface area contributed by atoms with Crippen LogP contribution in [0.3, 0.4) is 0 Å². The van der Waals surface area contributed by atoms with E-state index in [0.717, 1.165) is 49.0 Å². The Balaban J connectivity index is 1.10. The van der Waals surface area contributed by atoms with Gasteiger partial charge in [0.1, 0.15) is 11.5 Å². The van der Waals surface area contributed by atoms with Gasteiger partial charge in [0.2, 0.25) is 5.91 Å². The number of benzene rings is 4. The van der Waals surface area contributed by atoms with Gasteiger partial charge in [0, 0.05) is 11.3 Å². The molecule has 1 aliphatic carbocycles. The summed E-state index contributed by atoms with van der Waals surface area (Å²) in [5.41, 5.74) is 2.67. The first-order valence-electron chi connectivity index (χ1n) is 17.6. The fourth-order valence-corrected chi connectivity index (χ4v) is 6.11. The van der Waals surface area contributed by atoms with Crippen LogP contribution in [0.25, 0.3) is 0 Å². The summed E-state index contributed by atoms with van der Waals surface area (Å²) in [7, 11) is 0. The maximum atomic E-state index is 13.3. The van der Waals surface area contributed by atoms with Gasteiger partial charge in [0.25, 0.3) is 5.91 Å². The summed E-state index contributed by atoms with van der Waals surface area (Å²) in [6.45, 7) is 4.28. The molecule has 0 unspecified atom stereocenters. The summed E-state index contributed by atoms with van der Waals surface area (Å²) in [6.07, 6.45) is 8.69. The van der Waals surface area contributed by atoms with Crippen LogP contribution in [0.4, 0.5) is 5.69 Å². The normalized spacial score (nSPS) is 13.7. The van der Waals surface area contributed by atoms with Gasteiger partial charge in [-0.25, -0.2) is 4.79 Å². The zero-order valence-corrected chi connectivity index (χ0v) is 28.9. The van der Waals surface area contributed by atoms with E-state index < -0.39 is 23.3 Å². The minimum Gasteiger partial charge on any atom is -0.494 e. The number of hydrogen-bond acceptors (Lipinski definition) is 6. The monoisotopic (exact) mass is 674 g/mol. The van der Waals surface area contributed by atoms with Gasteiger partial charge < -0.3 is 20.1 Å². The first kappa shape index (κ1) is 36.1. The van der Waals surface area contributed by atoms with Crippen LogP contribution in [0.1, 0.15) is 97.1 Å². The summed E-state index contributed by atoms with van der Waals surface area (Å²) in [5.74, 6) is -0.0244. The van der Waals surface area contributed by atoms with Crippen molar-refractivity contribution in [2.75, 3.05) is 11.9 Å². The van der Waals surface area contributed by atoms with E-state index in [2.05, 4.69) is 17.6 Å². The van der Waals surface area contributed by atoms with E-state index in [1.807, 2.05) is 30.3 Å². The Morgan fingerprint density at radius 3 is 2.00 bits per heavy atom. The molecule has 1 saturated carbocycles. The zero-order valence-electron chi connectivity index (χ0n) is 28.9. The van der Waals surface area contributed by atoms with Crippen molar-refractivity contribution in [3.63, 3.8) is 0 Å². The minimum atomic E-state index is -0.753. The smallest absolute Gasteiger partial charge is 0.343 e. The lowest BCUT2D eigenvalue weighted by molar-refractivity contribution is -0.124. The van der Waals surface area contributed by atoms with Gasteiger partial charge in [-0.1, -0.05) is 81.5 Å². The number of hydrogen-bond donors (Lipinski definition) is 2. The van der Waals surface area contributed by atoms with E-state index in [0.29, 0.717) is 29.2 Å². The lowest BCUT2D eigenvalue weighted by Gasteiger charge is -2.40. The molecular formula is C42H46N2O6. The molecule has 4 aromatic carbocycles. The van der Waals surface area contributed by atoms with Crippen molar-refractivity contribution >= 4 is 29.3 Å². The maximum absolute atomic E-state index is 13.3. The maximum Gasteiger partial charge on any atom is 0.343 e. The molecule has 8 nitrogen and oxygen atoms in total. The van der Waals surface area contributed by atoms with E-state index >= 15 is 0 Å². The van der Waals surface area contributed by atoms with Gasteiger partial charge in [-0.15, -0.1) is 0 Å².